The van der Waals surface area contributed by atoms with Crippen LogP contribution in [-0.2, 0) is 14.6 Å². The molecule has 0 fully saturated rings. The summed E-state index contributed by atoms with van der Waals surface area (Å²) in [5.41, 5.74) is 0.399. The zero-order valence-electron chi connectivity index (χ0n) is 13.1. The monoisotopic (exact) mass is 333 g/mol. The maximum atomic E-state index is 13.2. The Hall–Kier alpha value is -1.50. The second kappa shape index (κ2) is 7.17. The fraction of sp³-hybridized carbons (Fsp3) is 0.533. The van der Waals surface area contributed by atoms with Crippen molar-refractivity contribution in [3.8, 4) is 0 Å². The molecule has 0 bridgehead atoms. The van der Waals surface area contributed by atoms with Crippen LogP contribution in [0, 0.1) is 17.6 Å². The highest BCUT2D eigenvalue weighted by Gasteiger charge is 2.24. The Morgan fingerprint density at radius 3 is 2.27 bits per heavy atom. The number of nitrogens with zero attached hydrogens (tertiary/aromatic N) is 1. The highest BCUT2D eigenvalue weighted by Crippen LogP contribution is 2.21. The summed E-state index contributed by atoms with van der Waals surface area (Å²) in [6.07, 6.45) is 0. The molecule has 0 aliphatic carbocycles. The van der Waals surface area contributed by atoms with Gasteiger partial charge in [-0.25, -0.2) is 17.2 Å². The number of hydrogen-bond acceptors (Lipinski definition) is 3. The van der Waals surface area contributed by atoms with Crippen LogP contribution in [0.2, 0.25) is 0 Å². The van der Waals surface area contributed by atoms with Crippen LogP contribution in [0.25, 0.3) is 0 Å². The summed E-state index contributed by atoms with van der Waals surface area (Å²) >= 11 is 0. The predicted molar refractivity (Wildman–Crippen MR) is 81.0 cm³/mol. The van der Waals surface area contributed by atoms with Gasteiger partial charge < -0.3 is 4.90 Å². The summed E-state index contributed by atoms with van der Waals surface area (Å²) in [4.78, 5) is 13.3. The van der Waals surface area contributed by atoms with Gasteiger partial charge in [0.05, 0.1) is 11.8 Å². The molecule has 1 rings (SSSR count). The Morgan fingerprint density at radius 2 is 1.77 bits per heavy atom. The van der Waals surface area contributed by atoms with Gasteiger partial charge in [0, 0.05) is 7.05 Å². The van der Waals surface area contributed by atoms with Crippen LogP contribution in [0.15, 0.2) is 18.2 Å². The van der Waals surface area contributed by atoms with Gasteiger partial charge in [-0.05, 0) is 30.5 Å². The first kappa shape index (κ1) is 18.5. The van der Waals surface area contributed by atoms with Crippen molar-refractivity contribution in [1.29, 1.82) is 0 Å². The zero-order chi connectivity index (χ0) is 17.1. The number of carbonyl (C=O) groups excluding carboxylic acids is 1. The third-order valence-corrected chi connectivity index (χ3v) is 5.19. The van der Waals surface area contributed by atoms with Crippen molar-refractivity contribution in [3.63, 3.8) is 0 Å². The van der Waals surface area contributed by atoms with E-state index in [-0.39, 0.29) is 11.7 Å². The van der Waals surface area contributed by atoms with Gasteiger partial charge in [-0.1, -0.05) is 19.9 Å². The third-order valence-electron chi connectivity index (χ3n) is 3.33. The number of carbonyl (C=O) groups is 1. The maximum absolute atomic E-state index is 13.2. The quantitative estimate of drug-likeness (QED) is 0.804. The van der Waals surface area contributed by atoms with Crippen LogP contribution in [-0.4, -0.2) is 37.8 Å². The molecular formula is C15H21F2NO3S. The predicted octanol–water partition coefficient (Wildman–Crippen LogP) is 2.56. The van der Waals surface area contributed by atoms with E-state index in [1.54, 1.807) is 20.8 Å². The smallest absolute Gasteiger partial charge is 0.238 e. The number of benzene rings is 1. The molecular weight excluding hydrogens is 312 g/mol. The lowest BCUT2D eigenvalue weighted by atomic mass is 10.1. The largest absolute Gasteiger partial charge is 0.338 e. The normalized spacial score (nSPS) is 13.2. The number of halogens is 2. The molecule has 1 atom stereocenters. The first-order chi connectivity index (χ1) is 10.0. The standard InChI is InChI=1S/C15H21F2NO3S/c1-10(2)8-22(20,21)9-15(19)18(4)11(3)12-5-6-13(16)14(17)7-12/h5-7,10-11H,8-9H2,1-4H3. The molecule has 1 aromatic carbocycles. The second-order valence-corrected chi connectivity index (χ2v) is 7.91. The van der Waals surface area contributed by atoms with E-state index < -0.39 is 39.2 Å². The zero-order valence-corrected chi connectivity index (χ0v) is 14.0. The Bertz CT molecular complexity index is 644. The lowest BCUT2D eigenvalue weighted by molar-refractivity contribution is -0.129. The fourth-order valence-electron chi connectivity index (χ4n) is 2.07. The van der Waals surface area contributed by atoms with Gasteiger partial charge in [-0.3, -0.25) is 4.79 Å². The average Bonchev–Trinajstić information content (AvgIpc) is 2.38. The van der Waals surface area contributed by atoms with Gasteiger partial charge in [0.1, 0.15) is 5.75 Å². The molecule has 124 valence electrons. The average molecular weight is 333 g/mol. The van der Waals surface area contributed by atoms with E-state index in [1.807, 2.05) is 0 Å². The molecule has 0 aliphatic rings. The SMILES string of the molecule is CC(C)CS(=O)(=O)CC(=O)N(C)C(C)c1ccc(F)c(F)c1. The van der Waals surface area contributed by atoms with Crippen LogP contribution in [0.4, 0.5) is 8.78 Å². The van der Waals surface area contributed by atoms with Crippen molar-refractivity contribution in [2.45, 2.75) is 26.8 Å². The van der Waals surface area contributed by atoms with Crippen molar-refractivity contribution >= 4 is 15.7 Å². The highest BCUT2D eigenvalue weighted by molar-refractivity contribution is 7.92. The molecule has 4 nitrogen and oxygen atoms in total. The fourth-order valence-corrected chi connectivity index (χ4v) is 3.78. The van der Waals surface area contributed by atoms with Crippen molar-refractivity contribution in [2.75, 3.05) is 18.6 Å². The molecule has 0 N–H and O–H groups in total. The minimum absolute atomic E-state index is 0.0632. The van der Waals surface area contributed by atoms with E-state index in [9.17, 15) is 22.0 Å². The van der Waals surface area contributed by atoms with Crippen LogP contribution < -0.4 is 0 Å². The molecule has 1 amide bonds. The molecule has 0 saturated heterocycles. The molecule has 0 radical (unpaired) electrons. The van der Waals surface area contributed by atoms with E-state index in [4.69, 9.17) is 0 Å². The van der Waals surface area contributed by atoms with Gasteiger partial charge in [0.25, 0.3) is 0 Å². The summed E-state index contributed by atoms with van der Waals surface area (Å²) in [5.74, 6) is -3.26. The van der Waals surface area contributed by atoms with E-state index in [1.165, 1.54) is 18.0 Å². The van der Waals surface area contributed by atoms with Crippen molar-refractivity contribution in [3.05, 3.63) is 35.4 Å². The molecule has 0 heterocycles. The summed E-state index contributed by atoms with van der Waals surface area (Å²) < 4.78 is 49.9. The van der Waals surface area contributed by atoms with Gasteiger partial charge in [0.2, 0.25) is 5.91 Å². The maximum Gasteiger partial charge on any atom is 0.238 e. The Labute approximate surface area is 130 Å². The summed E-state index contributed by atoms with van der Waals surface area (Å²) in [7, 11) is -2.04. The Kier molecular flexibility index (Phi) is 6.05. The van der Waals surface area contributed by atoms with Gasteiger partial charge >= 0.3 is 0 Å². The second-order valence-electron chi connectivity index (χ2n) is 5.80. The third kappa shape index (κ3) is 5.05. The van der Waals surface area contributed by atoms with Crippen molar-refractivity contribution in [2.24, 2.45) is 5.92 Å². The molecule has 0 aliphatic heterocycles. The van der Waals surface area contributed by atoms with Crippen LogP contribution in [0.1, 0.15) is 32.4 Å². The molecule has 7 heteroatoms. The minimum atomic E-state index is -3.48. The topological polar surface area (TPSA) is 54.5 Å². The summed E-state index contributed by atoms with van der Waals surface area (Å²) in [5, 5.41) is 0. The van der Waals surface area contributed by atoms with E-state index >= 15 is 0 Å². The number of sulfone groups is 1. The molecule has 1 unspecified atom stereocenters. The Balaban J connectivity index is 2.83. The Morgan fingerprint density at radius 1 is 1.18 bits per heavy atom. The lowest BCUT2D eigenvalue weighted by Crippen LogP contribution is -2.35. The summed E-state index contributed by atoms with van der Waals surface area (Å²) in [6, 6.07) is 2.80. The van der Waals surface area contributed by atoms with Crippen LogP contribution >= 0.6 is 0 Å². The van der Waals surface area contributed by atoms with E-state index in [0.29, 0.717) is 5.56 Å². The highest BCUT2D eigenvalue weighted by atomic mass is 32.2. The van der Waals surface area contributed by atoms with Crippen molar-refractivity contribution < 1.29 is 22.0 Å². The first-order valence-electron chi connectivity index (χ1n) is 6.94. The van der Waals surface area contributed by atoms with Gasteiger partial charge in [0.15, 0.2) is 21.5 Å². The van der Waals surface area contributed by atoms with Gasteiger partial charge in [-0.15, -0.1) is 0 Å². The van der Waals surface area contributed by atoms with Gasteiger partial charge in [-0.2, -0.15) is 0 Å². The van der Waals surface area contributed by atoms with Crippen molar-refractivity contribution in [1.82, 2.24) is 4.90 Å². The number of rotatable bonds is 6. The first-order valence-corrected chi connectivity index (χ1v) is 8.76. The van der Waals surface area contributed by atoms with E-state index in [0.717, 1.165) is 12.1 Å². The molecule has 22 heavy (non-hydrogen) atoms. The molecule has 0 spiro atoms. The van der Waals surface area contributed by atoms with E-state index in [2.05, 4.69) is 0 Å². The number of amides is 1. The minimum Gasteiger partial charge on any atom is -0.338 e. The lowest BCUT2D eigenvalue weighted by Gasteiger charge is -2.25. The molecule has 1 aromatic rings. The molecule has 0 aromatic heterocycles. The summed E-state index contributed by atoms with van der Waals surface area (Å²) in [6.45, 7) is 5.14. The molecule has 0 saturated carbocycles. The van der Waals surface area contributed by atoms with Crippen LogP contribution in [0.5, 0.6) is 0 Å². The number of hydrogen-bond donors (Lipinski definition) is 0. The van der Waals surface area contributed by atoms with Crippen LogP contribution in [0.3, 0.4) is 0 Å².